The number of benzene rings is 1. The molecule has 0 saturated carbocycles. The molecule has 0 radical (unpaired) electrons. The molecule has 0 N–H and O–H groups in total. The second-order valence-electron chi connectivity index (χ2n) is 1.94. The highest BCUT2D eigenvalue weighted by Crippen LogP contribution is 2.40. The molecule has 0 aliphatic carbocycles. The lowest BCUT2D eigenvalue weighted by Crippen LogP contribution is -1.85. The highest BCUT2D eigenvalue weighted by Gasteiger charge is 2.08. The molecule has 66 valence electrons. The van der Waals surface area contributed by atoms with Crippen molar-refractivity contribution in [3.63, 3.8) is 0 Å². The predicted octanol–water partition coefficient (Wildman–Crippen LogP) is 4.19. The number of hydrogen-bond acceptors (Lipinski definition) is 3. The molecule has 1 nitrogen and oxygen atoms in total. The van der Waals surface area contributed by atoms with Crippen LogP contribution in [0.2, 0.25) is 0 Å². The summed E-state index contributed by atoms with van der Waals surface area (Å²) in [6.45, 7) is 0. The minimum Gasteiger partial charge on any atom is -0.495 e. The maximum atomic E-state index is 5.66. The summed E-state index contributed by atoms with van der Waals surface area (Å²) >= 11 is 0. The minimum absolute atomic E-state index is 0.751. The van der Waals surface area contributed by atoms with Gasteiger partial charge in [-0.15, -0.1) is 0 Å². The quantitative estimate of drug-likeness (QED) is 0.785. The Morgan fingerprint density at radius 2 is 2.00 bits per heavy atom. The van der Waals surface area contributed by atoms with E-state index >= 15 is 0 Å². The van der Waals surface area contributed by atoms with E-state index in [1.54, 1.807) is 7.11 Å². The van der Waals surface area contributed by atoms with E-state index in [2.05, 4.69) is 0 Å². The lowest BCUT2D eigenvalue weighted by molar-refractivity contribution is 0.402. The smallest absolute Gasteiger partial charge is 0.134 e. The maximum Gasteiger partial charge on any atom is 0.134 e. The van der Waals surface area contributed by atoms with Crippen molar-refractivity contribution in [2.24, 2.45) is 0 Å². The Balaban J connectivity index is 3.13. The largest absolute Gasteiger partial charge is 0.495 e. The van der Waals surface area contributed by atoms with Crippen LogP contribution < -0.4 is 4.74 Å². The first-order valence-electron chi connectivity index (χ1n) is 3.07. The number of rotatable bonds is 3. The monoisotopic (exact) mass is 240 g/mol. The Morgan fingerprint density at radius 3 is 2.50 bits per heavy atom. The third-order valence-electron chi connectivity index (χ3n) is 1.32. The van der Waals surface area contributed by atoms with Crippen molar-refractivity contribution in [1.29, 1.82) is 0 Å². The predicted molar refractivity (Wildman–Crippen MR) is 56.4 cm³/mol. The van der Waals surface area contributed by atoms with E-state index in [0.29, 0.717) is 0 Å². The highest BCUT2D eigenvalue weighted by atomic mass is 35.7. The summed E-state index contributed by atoms with van der Waals surface area (Å²) in [5.74, 6) is 0.751. The van der Waals surface area contributed by atoms with E-state index in [0.717, 1.165) is 37.5 Å². The molecule has 5 heteroatoms. The van der Waals surface area contributed by atoms with E-state index in [1.165, 1.54) is 0 Å². The number of ether oxygens (including phenoxy) is 1. The highest BCUT2D eigenvalue weighted by molar-refractivity contribution is 8.23. The summed E-state index contributed by atoms with van der Waals surface area (Å²) in [4.78, 5) is 1.78. The van der Waals surface area contributed by atoms with Gasteiger partial charge < -0.3 is 4.74 Å². The zero-order chi connectivity index (χ0) is 8.97. The topological polar surface area (TPSA) is 9.23 Å². The van der Waals surface area contributed by atoms with Gasteiger partial charge in [-0.25, -0.2) is 0 Å². The Morgan fingerprint density at radius 1 is 1.25 bits per heavy atom. The van der Waals surface area contributed by atoms with Crippen LogP contribution >= 0.6 is 43.3 Å². The molecule has 0 atom stereocenters. The first kappa shape index (κ1) is 10.4. The Hall–Kier alpha value is 0.300. The average Bonchev–Trinajstić information content (AvgIpc) is 2.16. The Bertz CT molecular complexity index is 245. The van der Waals surface area contributed by atoms with Gasteiger partial charge in [-0.1, -0.05) is 6.07 Å². The molecule has 0 bridgehead atoms. The fourth-order valence-corrected chi connectivity index (χ4v) is 2.85. The minimum atomic E-state index is 0.751. The van der Waals surface area contributed by atoms with E-state index in [1.807, 2.05) is 18.2 Å². The van der Waals surface area contributed by atoms with Gasteiger partial charge in [0.1, 0.15) is 5.75 Å². The van der Waals surface area contributed by atoms with Gasteiger partial charge in [-0.3, -0.25) is 0 Å². The third-order valence-corrected chi connectivity index (χ3v) is 3.50. The SMILES string of the molecule is COc1cccc(SCl)c1SCl. The van der Waals surface area contributed by atoms with Crippen molar-refractivity contribution in [2.45, 2.75) is 9.79 Å². The van der Waals surface area contributed by atoms with Crippen LogP contribution in [0.15, 0.2) is 28.0 Å². The van der Waals surface area contributed by atoms with Crippen LogP contribution in [0.3, 0.4) is 0 Å². The van der Waals surface area contributed by atoms with Gasteiger partial charge in [0.05, 0.1) is 12.0 Å². The van der Waals surface area contributed by atoms with Crippen LogP contribution in [0, 0.1) is 0 Å². The zero-order valence-electron chi connectivity index (χ0n) is 6.21. The van der Waals surface area contributed by atoms with Gasteiger partial charge in [0.2, 0.25) is 0 Å². The van der Waals surface area contributed by atoms with Gasteiger partial charge in [-0.05, 0) is 55.4 Å². The molecule has 0 amide bonds. The number of halogens is 2. The van der Waals surface area contributed by atoms with Gasteiger partial charge in [0.15, 0.2) is 0 Å². The van der Waals surface area contributed by atoms with Crippen molar-refractivity contribution in [1.82, 2.24) is 0 Å². The van der Waals surface area contributed by atoms with Crippen molar-refractivity contribution in [3.8, 4) is 5.75 Å². The van der Waals surface area contributed by atoms with Crippen LogP contribution in [0.1, 0.15) is 0 Å². The van der Waals surface area contributed by atoms with Gasteiger partial charge in [-0.2, -0.15) is 0 Å². The van der Waals surface area contributed by atoms with Gasteiger partial charge >= 0.3 is 0 Å². The number of hydrogen-bond donors (Lipinski definition) is 0. The van der Waals surface area contributed by atoms with E-state index in [9.17, 15) is 0 Å². The zero-order valence-corrected chi connectivity index (χ0v) is 9.36. The Labute approximate surface area is 88.8 Å². The lowest BCUT2D eigenvalue weighted by atomic mass is 10.3. The summed E-state index contributed by atoms with van der Waals surface area (Å²) in [6, 6.07) is 5.62. The molecule has 0 heterocycles. The van der Waals surface area contributed by atoms with Crippen LogP contribution in [0.5, 0.6) is 5.75 Å². The van der Waals surface area contributed by atoms with Crippen LogP contribution in [-0.2, 0) is 0 Å². The molecule has 0 spiro atoms. The molecule has 0 fully saturated rings. The molecule has 0 saturated heterocycles. The molecular weight excluding hydrogens is 235 g/mol. The first-order valence-corrected chi connectivity index (χ1v) is 6.36. The average molecular weight is 241 g/mol. The Kier molecular flexibility index (Phi) is 4.43. The molecule has 1 aromatic rings. The molecule has 1 rings (SSSR count). The fraction of sp³-hybridized carbons (Fsp3) is 0.143. The molecule has 0 unspecified atom stereocenters. The third kappa shape index (κ3) is 2.16. The van der Waals surface area contributed by atoms with Crippen molar-refractivity contribution >= 4 is 43.3 Å². The standard InChI is InChI=1S/C7H6Cl2OS2/c1-10-5-3-2-4-6(11-8)7(5)12-9/h2-4H,1H3. The summed E-state index contributed by atoms with van der Waals surface area (Å²) in [7, 11) is 15.1. The number of methoxy groups -OCH3 is 1. The summed E-state index contributed by atoms with van der Waals surface area (Å²) in [6.07, 6.45) is 0. The normalized spacial score (nSPS) is 9.92. The van der Waals surface area contributed by atoms with Gasteiger partial charge in [0.25, 0.3) is 0 Å². The molecule has 0 aromatic heterocycles. The lowest BCUT2D eigenvalue weighted by Gasteiger charge is -2.06. The van der Waals surface area contributed by atoms with E-state index in [4.69, 9.17) is 26.1 Å². The maximum absolute atomic E-state index is 5.66. The first-order chi connectivity index (χ1) is 5.83. The van der Waals surface area contributed by atoms with Crippen molar-refractivity contribution in [2.75, 3.05) is 7.11 Å². The van der Waals surface area contributed by atoms with Crippen LogP contribution in [0.4, 0.5) is 0 Å². The molecule has 12 heavy (non-hydrogen) atoms. The van der Waals surface area contributed by atoms with E-state index < -0.39 is 0 Å². The molecule has 1 aromatic carbocycles. The summed E-state index contributed by atoms with van der Waals surface area (Å²) in [5, 5.41) is 0. The van der Waals surface area contributed by atoms with Crippen LogP contribution in [-0.4, -0.2) is 7.11 Å². The fourth-order valence-electron chi connectivity index (χ4n) is 0.793. The molecule has 0 aliphatic rings. The summed E-state index contributed by atoms with van der Waals surface area (Å²) < 4.78 is 5.10. The van der Waals surface area contributed by atoms with Gasteiger partial charge in [0, 0.05) is 4.90 Å². The van der Waals surface area contributed by atoms with Crippen LogP contribution in [0.25, 0.3) is 0 Å². The van der Waals surface area contributed by atoms with Crippen molar-refractivity contribution < 1.29 is 4.74 Å². The summed E-state index contributed by atoms with van der Waals surface area (Å²) in [5.41, 5.74) is 0. The molecular formula is C7H6Cl2OS2. The molecule has 0 aliphatic heterocycles. The second-order valence-corrected chi connectivity index (χ2v) is 4.02. The van der Waals surface area contributed by atoms with E-state index in [-0.39, 0.29) is 0 Å². The van der Waals surface area contributed by atoms with Crippen molar-refractivity contribution in [3.05, 3.63) is 18.2 Å². The second kappa shape index (κ2) is 5.12.